The van der Waals surface area contributed by atoms with Crippen molar-refractivity contribution >= 4 is 53.4 Å². The summed E-state index contributed by atoms with van der Waals surface area (Å²) in [6, 6.07) is 31.0. The predicted molar refractivity (Wildman–Crippen MR) is 111 cm³/mol. The van der Waals surface area contributed by atoms with Gasteiger partial charge in [-0.05, 0) is 47.5 Å². The van der Waals surface area contributed by atoms with E-state index in [2.05, 4.69) is 66.7 Å². The van der Waals surface area contributed by atoms with Gasteiger partial charge in [0.1, 0.15) is 11.2 Å². The molecule has 0 saturated carbocycles. The molecule has 6 aromatic rings. The molecule has 26 heavy (non-hydrogen) atoms. The fourth-order valence-electron chi connectivity index (χ4n) is 3.82. The van der Waals surface area contributed by atoms with Crippen molar-refractivity contribution in [1.82, 2.24) is 0 Å². The Balaban J connectivity index is 1.71. The number of furan rings is 1. The Kier molecular flexibility index (Phi) is 2.82. The van der Waals surface area contributed by atoms with Gasteiger partial charge >= 0.3 is 0 Å². The zero-order chi connectivity index (χ0) is 17.1. The molecule has 0 N–H and O–H groups in total. The third-order valence-corrected chi connectivity index (χ3v) is 6.14. The maximum absolute atomic E-state index is 5.98. The molecule has 0 amide bonds. The highest BCUT2D eigenvalue weighted by molar-refractivity contribution is 7.25. The van der Waals surface area contributed by atoms with Crippen LogP contribution in [-0.4, -0.2) is 0 Å². The molecule has 0 saturated heterocycles. The van der Waals surface area contributed by atoms with Crippen molar-refractivity contribution in [3.05, 3.63) is 84.9 Å². The molecular formula is C24H13OS. The highest BCUT2D eigenvalue weighted by Crippen LogP contribution is 2.41. The molecule has 0 spiro atoms. The fourth-order valence-corrected chi connectivity index (χ4v) is 4.94. The minimum atomic E-state index is 0.928. The smallest absolute Gasteiger partial charge is 0.135 e. The van der Waals surface area contributed by atoms with E-state index in [9.17, 15) is 0 Å². The van der Waals surface area contributed by atoms with Crippen LogP contribution in [0.2, 0.25) is 0 Å². The Bertz CT molecular complexity index is 1430. The largest absolute Gasteiger partial charge is 0.456 e. The Hall–Kier alpha value is -3.10. The number of fused-ring (bicyclic) bond motifs is 6. The van der Waals surface area contributed by atoms with Crippen molar-refractivity contribution < 1.29 is 4.42 Å². The van der Waals surface area contributed by atoms with Crippen molar-refractivity contribution in [3.63, 3.8) is 0 Å². The molecule has 2 heteroatoms. The Morgan fingerprint density at radius 2 is 1.50 bits per heavy atom. The topological polar surface area (TPSA) is 13.1 Å². The van der Waals surface area contributed by atoms with Crippen molar-refractivity contribution in [2.45, 2.75) is 0 Å². The Morgan fingerprint density at radius 1 is 0.692 bits per heavy atom. The molecule has 1 radical (unpaired) electrons. The summed E-state index contributed by atoms with van der Waals surface area (Å²) in [5.41, 5.74) is 4.20. The average molecular weight is 349 g/mol. The van der Waals surface area contributed by atoms with E-state index in [1.54, 1.807) is 0 Å². The lowest BCUT2D eigenvalue weighted by atomic mass is 9.98. The summed E-state index contributed by atoms with van der Waals surface area (Å²) in [5.74, 6) is 0. The Morgan fingerprint density at radius 3 is 2.46 bits per heavy atom. The first-order valence-electron chi connectivity index (χ1n) is 8.62. The number of para-hydroxylation sites is 1. The van der Waals surface area contributed by atoms with Crippen molar-refractivity contribution in [3.8, 4) is 11.1 Å². The van der Waals surface area contributed by atoms with E-state index < -0.39 is 0 Å². The highest BCUT2D eigenvalue weighted by atomic mass is 32.1. The van der Waals surface area contributed by atoms with Gasteiger partial charge in [-0.15, -0.1) is 11.3 Å². The van der Waals surface area contributed by atoms with Crippen LogP contribution in [0.1, 0.15) is 0 Å². The summed E-state index contributed by atoms with van der Waals surface area (Å²) in [6.45, 7) is 0. The summed E-state index contributed by atoms with van der Waals surface area (Å²) in [4.78, 5) is 0. The minimum Gasteiger partial charge on any atom is -0.456 e. The number of hydrogen-bond acceptors (Lipinski definition) is 2. The second-order valence-corrected chi connectivity index (χ2v) is 7.58. The van der Waals surface area contributed by atoms with Crippen LogP contribution in [0.4, 0.5) is 0 Å². The number of rotatable bonds is 1. The standard InChI is InChI=1S/C24H13OS/c1-3-9-20-17(6-1)19-14-15(12-13-21(19)25-20)16-8-5-11-23-24(16)18-7-2-4-10-22(18)26-23/h1-7,9-14H. The first-order chi connectivity index (χ1) is 12.9. The fraction of sp³-hybridized carbons (Fsp3) is 0. The third-order valence-electron chi connectivity index (χ3n) is 5.00. The van der Waals surface area contributed by atoms with E-state index in [-0.39, 0.29) is 0 Å². The van der Waals surface area contributed by atoms with Gasteiger partial charge in [0.2, 0.25) is 0 Å². The second-order valence-electron chi connectivity index (χ2n) is 6.50. The van der Waals surface area contributed by atoms with E-state index in [4.69, 9.17) is 4.42 Å². The summed E-state index contributed by atoms with van der Waals surface area (Å²) in [7, 11) is 0. The molecule has 1 nitrogen and oxygen atoms in total. The van der Waals surface area contributed by atoms with Gasteiger partial charge in [0.05, 0.1) is 0 Å². The van der Waals surface area contributed by atoms with Gasteiger partial charge < -0.3 is 4.42 Å². The first kappa shape index (κ1) is 14.1. The van der Waals surface area contributed by atoms with Crippen molar-refractivity contribution in [1.29, 1.82) is 0 Å². The third kappa shape index (κ3) is 1.91. The zero-order valence-electron chi connectivity index (χ0n) is 13.8. The predicted octanol–water partition coefficient (Wildman–Crippen LogP) is 7.42. The van der Waals surface area contributed by atoms with E-state index in [1.165, 1.54) is 25.7 Å². The van der Waals surface area contributed by atoms with Gasteiger partial charge in [0.15, 0.2) is 0 Å². The van der Waals surface area contributed by atoms with Gasteiger partial charge in [-0.3, -0.25) is 0 Å². The number of benzene rings is 4. The summed E-state index contributed by atoms with van der Waals surface area (Å²) in [6.07, 6.45) is 0. The SMILES string of the molecule is [c]1ccc2sc3ccccc3c2c1-c1ccc2oc3ccccc3c2c1. The van der Waals surface area contributed by atoms with Crippen LogP contribution in [0.15, 0.2) is 83.3 Å². The Labute approximate surface area is 154 Å². The second kappa shape index (κ2) is 5.20. The molecule has 2 heterocycles. The summed E-state index contributed by atoms with van der Waals surface area (Å²) in [5, 5.41) is 4.91. The van der Waals surface area contributed by atoms with E-state index >= 15 is 0 Å². The maximum Gasteiger partial charge on any atom is 0.135 e. The maximum atomic E-state index is 5.98. The van der Waals surface area contributed by atoms with Crippen LogP contribution in [0.25, 0.3) is 53.2 Å². The van der Waals surface area contributed by atoms with Crippen LogP contribution < -0.4 is 0 Å². The molecule has 0 aliphatic heterocycles. The molecule has 6 rings (SSSR count). The summed E-state index contributed by atoms with van der Waals surface area (Å²) >= 11 is 1.84. The number of thiophene rings is 1. The molecule has 0 aliphatic rings. The van der Waals surface area contributed by atoms with E-state index in [1.807, 2.05) is 29.5 Å². The normalized spacial score (nSPS) is 11.8. The molecule has 0 bridgehead atoms. The molecule has 4 aromatic carbocycles. The van der Waals surface area contributed by atoms with Crippen LogP contribution in [0.3, 0.4) is 0 Å². The first-order valence-corrected chi connectivity index (χ1v) is 9.44. The van der Waals surface area contributed by atoms with Gasteiger partial charge in [0.25, 0.3) is 0 Å². The lowest BCUT2D eigenvalue weighted by molar-refractivity contribution is 0.669. The lowest BCUT2D eigenvalue weighted by Crippen LogP contribution is -1.80. The number of hydrogen-bond donors (Lipinski definition) is 0. The average Bonchev–Trinajstić information content (AvgIpc) is 3.25. The van der Waals surface area contributed by atoms with Crippen molar-refractivity contribution in [2.24, 2.45) is 0 Å². The minimum absolute atomic E-state index is 0.928. The highest BCUT2D eigenvalue weighted by Gasteiger charge is 2.13. The quantitative estimate of drug-likeness (QED) is 0.301. The molecule has 0 fully saturated rings. The monoisotopic (exact) mass is 349 g/mol. The summed E-state index contributed by atoms with van der Waals surface area (Å²) < 4.78 is 8.60. The van der Waals surface area contributed by atoms with Gasteiger partial charge in [-0.25, -0.2) is 0 Å². The molecule has 0 aliphatic carbocycles. The van der Waals surface area contributed by atoms with Crippen molar-refractivity contribution in [2.75, 3.05) is 0 Å². The molecule has 2 aromatic heterocycles. The molecule has 0 atom stereocenters. The molecular weight excluding hydrogens is 336 g/mol. The molecule has 0 unspecified atom stereocenters. The van der Waals surface area contributed by atoms with E-state index in [0.717, 1.165) is 27.5 Å². The van der Waals surface area contributed by atoms with Gasteiger partial charge in [0, 0.05) is 30.9 Å². The van der Waals surface area contributed by atoms with Crippen LogP contribution in [-0.2, 0) is 0 Å². The van der Waals surface area contributed by atoms with E-state index in [0.29, 0.717) is 0 Å². The lowest BCUT2D eigenvalue weighted by Gasteiger charge is -2.04. The van der Waals surface area contributed by atoms with Gasteiger partial charge in [-0.1, -0.05) is 48.5 Å². The zero-order valence-corrected chi connectivity index (χ0v) is 14.6. The molecule has 121 valence electrons. The van der Waals surface area contributed by atoms with Gasteiger partial charge in [-0.2, -0.15) is 0 Å². The van der Waals surface area contributed by atoms with Crippen LogP contribution >= 0.6 is 11.3 Å². The van der Waals surface area contributed by atoms with Crippen LogP contribution in [0, 0.1) is 6.07 Å². The van der Waals surface area contributed by atoms with Crippen LogP contribution in [0.5, 0.6) is 0 Å².